The second-order valence-electron chi connectivity index (χ2n) is 8.00. The molecule has 2 aromatic carbocycles. The average molecular weight is 425 g/mol. The lowest BCUT2D eigenvalue weighted by Crippen LogP contribution is -2.19. The lowest BCUT2D eigenvalue weighted by Gasteiger charge is -2.22. The van der Waals surface area contributed by atoms with Crippen LogP contribution in [0.1, 0.15) is 44.2 Å². The van der Waals surface area contributed by atoms with Crippen molar-refractivity contribution < 1.29 is 19.4 Å². The zero-order valence-corrected chi connectivity index (χ0v) is 18.4. The highest BCUT2D eigenvalue weighted by molar-refractivity contribution is 5.79. The largest absolute Gasteiger partial charge is 0.493 e. The number of hydrogen-bond donors (Lipinski definition) is 2. The molecule has 0 unspecified atom stereocenters. The molecule has 2 N–H and O–H groups in total. The summed E-state index contributed by atoms with van der Waals surface area (Å²) in [5.41, 5.74) is 4.96. The highest BCUT2D eigenvalue weighted by atomic mass is 16.5. The number of aliphatic carboxylic acids is 1. The molecule has 1 aliphatic heterocycles. The lowest BCUT2D eigenvalue weighted by molar-refractivity contribution is -0.136. The monoisotopic (exact) mass is 424 g/mol. The van der Waals surface area contributed by atoms with Gasteiger partial charge in [-0.3, -0.25) is 9.59 Å². The van der Waals surface area contributed by atoms with Crippen molar-refractivity contribution >= 4 is 17.4 Å². The van der Waals surface area contributed by atoms with Gasteiger partial charge in [-0.1, -0.05) is 12.1 Å². The number of carboxylic acid groups (broad SMARTS) is 1. The van der Waals surface area contributed by atoms with E-state index in [1.165, 1.54) is 18.5 Å². The summed E-state index contributed by atoms with van der Waals surface area (Å²) in [7, 11) is 0. The molecule has 0 bridgehead atoms. The number of rotatable bonds is 11. The molecule has 166 valence electrons. The van der Waals surface area contributed by atoms with E-state index in [1.807, 2.05) is 25.1 Å². The van der Waals surface area contributed by atoms with Crippen LogP contribution in [0, 0.1) is 0 Å². The molecule has 1 heterocycles. The summed E-state index contributed by atoms with van der Waals surface area (Å²) in [5, 5.41) is 12.6. The van der Waals surface area contributed by atoms with Crippen LogP contribution in [0.15, 0.2) is 36.4 Å². The Balaban J connectivity index is 2.01. The SMILES string of the molecule is CCOc1ccc(CC(=O)O)cc1-c1cc(N2CCCC2)ccc1CNCCC(C)=O. The predicted octanol–water partition coefficient (Wildman–Crippen LogP) is 4.05. The van der Waals surface area contributed by atoms with E-state index in [1.54, 1.807) is 6.92 Å². The van der Waals surface area contributed by atoms with Crippen molar-refractivity contribution in [3.63, 3.8) is 0 Å². The van der Waals surface area contributed by atoms with Crippen LogP contribution in [0.3, 0.4) is 0 Å². The van der Waals surface area contributed by atoms with Crippen LogP contribution in [0.4, 0.5) is 5.69 Å². The van der Waals surface area contributed by atoms with Crippen molar-refractivity contribution in [2.45, 2.75) is 46.1 Å². The number of ether oxygens (including phenoxy) is 1. The summed E-state index contributed by atoms with van der Waals surface area (Å²) in [6.45, 7) is 7.42. The van der Waals surface area contributed by atoms with E-state index in [0.29, 0.717) is 26.1 Å². The van der Waals surface area contributed by atoms with E-state index >= 15 is 0 Å². The Bertz CT molecular complexity index is 920. The summed E-state index contributed by atoms with van der Waals surface area (Å²) in [4.78, 5) is 24.9. The Kier molecular flexibility index (Phi) is 8.06. The van der Waals surface area contributed by atoms with Crippen LogP contribution < -0.4 is 15.0 Å². The maximum atomic E-state index is 11.3. The van der Waals surface area contributed by atoms with Crippen molar-refractivity contribution in [1.82, 2.24) is 5.32 Å². The second-order valence-corrected chi connectivity index (χ2v) is 8.00. The van der Waals surface area contributed by atoms with E-state index in [-0.39, 0.29) is 12.2 Å². The van der Waals surface area contributed by atoms with Gasteiger partial charge in [0.2, 0.25) is 0 Å². The van der Waals surface area contributed by atoms with Crippen molar-refractivity contribution in [1.29, 1.82) is 0 Å². The Morgan fingerprint density at radius 1 is 1.10 bits per heavy atom. The third-order valence-electron chi connectivity index (χ3n) is 5.52. The summed E-state index contributed by atoms with van der Waals surface area (Å²) < 4.78 is 5.90. The highest BCUT2D eigenvalue weighted by Crippen LogP contribution is 2.37. The third-order valence-corrected chi connectivity index (χ3v) is 5.52. The standard InChI is InChI=1S/C25H32N2O4/c1-3-31-24-9-6-19(15-25(29)30)14-23(24)22-16-21(27-12-4-5-13-27)8-7-20(22)17-26-11-10-18(2)28/h6-9,14,16,26H,3-5,10-13,15,17H2,1-2H3,(H,29,30). The van der Waals surface area contributed by atoms with Crippen LogP contribution in [-0.2, 0) is 22.6 Å². The first-order valence-electron chi connectivity index (χ1n) is 11.0. The molecule has 31 heavy (non-hydrogen) atoms. The van der Waals surface area contributed by atoms with Crippen LogP contribution in [0.5, 0.6) is 5.75 Å². The number of nitrogens with zero attached hydrogens (tertiary/aromatic N) is 1. The molecule has 0 aliphatic carbocycles. The molecular weight excluding hydrogens is 392 g/mol. The van der Waals surface area contributed by atoms with Gasteiger partial charge in [0.05, 0.1) is 13.0 Å². The van der Waals surface area contributed by atoms with Crippen LogP contribution >= 0.6 is 0 Å². The fourth-order valence-corrected chi connectivity index (χ4v) is 3.98. The first-order chi connectivity index (χ1) is 15.0. The maximum Gasteiger partial charge on any atom is 0.307 e. The summed E-state index contributed by atoms with van der Waals surface area (Å²) >= 11 is 0. The molecule has 0 amide bonds. The molecule has 1 saturated heterocycles. The van der Waals surface area contributed by atoms with Gasteiger partial charge in [-0.25, -0.2) is 0 Å². The fourth-order valence-electron chi connectivity index (χ4n) is 3.98. The van der Waals surface area contributed by atoms with Gasteiger partial charge in [0.15, 0.2) is 0 Å². The molecule has 2 aromatic rings. The van der Waals surface area contributed by atoms with Gasteiger partial charge in [-0.05, 0) is 67.6 Å². The first kappa shape index (κ1) is 22.8. The molecule has 0 saturated carbocycles. The van der Waals surface area contributed by atoms with Gasteiger partial charge in [0.1, 0.15) is 11.5 Å². The predicted molar refractivity (Wildman–Crippen MR) is 123 cm³/mol. The average Bonchev–Trinajstić information content (AvgIpc) is 3.27. The lowest BCUT2D eigenvalue weighted by atomic mass is 9.95. The van der Waals surface area contributed by atoms with Gasteiger partial charge in [0, 0.05) is 43.9 Å². The number of anilines is 1. The molecular formula is C25H32N2O4. The van der Waals surface area contributed by atoms with Gasteiger partial charge in [-0.15, -0.1) is 0 Å². The molecule has 0 aromatic heterocycles. The molecule has 0 radical (unpaired) electrons. The Hall–Kier alpha value is -2.86. The Morgan fingerprint density at radius 3 is 2.55 bits per heavy atom. The topological polar surface area (TPSA) is 78.9 Å². The highest BCUT2D eigenvalue weighted by Gasteiger charge is 2.18. The van der Waals surface area contributed by atoms with Crippen LogP contribution in [0.25, 0.3) is 11.1 Å². The third kappa shape index (κ3) is 6.31. The van der Waals surface area contributed by atoms with Gasteiger partial charge in [-0.2, -0.15) is 0 Å². The van der Waals surface area contributed by atoms with Crippen molar-refractivity contribution in [2.75, 3.05) is 31.1 Å². The second kappa shape index (κ2) is 11.0. The normalized spacial score (nSPS) is 13.4. The van der Waals surface area contributed by atoms with Crippen molar-refractivity contribution in [2.24, 2.45) is 0 Å². The van der Waals surface area contributed by atoms with Gasteiger partial charge >= 0.3 is 5.97 Å². The minimum absolute atomic E-state index is 0.0303. The zero-order valence-electron chi connectivity index (χ0n) is 18.4. The molecule has 3 rings (SSSR count). The molecule has 0 atom stereocenters. The number of carboxylic acids is 1. The number of Topliss-reactive ketones (excluding diaryl/α,β-unsaturated/α-hetero) is 1. The molecule has 1 fully saturated rings. The number of carbonyl (C=O) groups excluding carboxylic acids is 1. The number of carbonyl (C=O) groups is 2. The van der Waals surface area contributed by atoms with E-state index in [9.17, 15) is 14.7 Å². The van der Waals surface area contributed by atoms with E-state index < -0.39 is 5.97 Å². The maximum absolute atomic E-state index is 11.3. The van der Waals surface area contributed by atoms with Gasteiger partial charge in [0.25, 0.3) is 0 Å². The van der Waals surface area contributed by atoms with E-state index in [4.69, 9.17) is 4.74 Å². The summed E-state index contributed by atoms with van der Waals surface area (Å²) in [6.07, 6.45) is 2.86. The van der Waals surface area contributed by atoms with Crippen LogP contribution in [-0.4, -0.2) is 43.1 Å². The number of benzene rings is 2. The Labute approximate surface area is 184 Å². The molecule has 6 nitrogen and oxygen atoms in total. The zero-order chi connectivity index (χ0) is 22.2. The van der Waals surface area contributed by atoms with Gasteiger partial charge < -0.3 is 20.1 Å². The number of ketones is 1. The first-order valence-corrected chi connectivity index (χ1v) is 11.0. The van der Waals surface area contributed by atoms with Crippen molar-refractivity contribution in [3.8, 4) is 16.9 Å². The smallest absolute Gasteiger partial charge is 0.307 e. The Morgan fingerprint density at radius 2 is 1.87 bits per heavy atom. The van der Waals surface area contributed by atoms with E-state index in [0.717, 1.165) is 41.1 Å². The molecule has 0 spiro atoms. The summed E-state index contributed by atoms with van der Waals surface area (Å²) in [6, 6.07) is 12.1. The van der Waals surface area contributed by atoms with Crippen molar-refractivity contribution in [3.05, 3.63) is 47.5 Å². The fraction of sp³-hybridized carbons (Fsp3) is 0.440. The molecule has 6 heteroatoms. The summed E-state index contributed by atoms with van der Waals surface area (Å²) in [5.74, 6) is 0.0596. The minimum atomic E-state index is -0.855. The van der Waals surface area contributed by atoms with Crippen LogP contribution in [0.2, 0.25) is 0 Å². The molecule has 1 aliphatic rings. The van der Waals surface area contributed by atoms with E-state index in [2.05, 4.69) is 28.4 Å². The number of nitrogens with one attached hydrogen (secondary N) is 1. The minimum Gasteiger partial charge on any atom is -0.493 e. The number of hydrogen-bond acceptors (Lipinski definition) is 5. The quantitative estimate of drug-likeness (QED) is 0.530.